The lowest BCUT2D eigenvalue weighted by Crippen LogP contribution is -2.12. The van der Waals surface area contributed by atoms with Gasteiger partial charge in [-0.15, -0.1) is 0 Å². The first-order chi connectivity index (χ1) is 9.47. The first-order valence-corrected chi connectivity index (χ1v) is 6.86. The molecule has 2 nitrogen and oxygen atoms in total. The third-order valence-corrected chi connectivity index (χ3v) is 3.69. The van der Waals surface area contributed by atoms with Gasteiger partial charge in [0.15, 0.2) is 0 Å². The lowest BCUT2D eigenvalue weighted by molar-refractivity contribution is 0.191. The van der Waals surface area contributed by atoms with E-state index in [0.29, 0.717) is 21.3 Å². The second kappa shape index (κ2) is 6.44. The van der Waals surface area contributed by atoms with Crippen LogP contribution in [0.5, 0.6) is 0 Å². The maximum atomic E-state index is 13.1. The van der Waals surface area contributed by atoms with Gasteiger partial charge < -0.3 is 10.4 Å². The van der Waals surface area contributed by atoms with Gasteiger partial charge >= 0.3 is 0 Å². The molecule has 0 aliphatic carbocycles. The Hall–Kier alpha value is -1.29. The van der Waals surface area contributed by atoms with Gasteiger partial charge in [0, 0.05) is 11.6 Å². The zero-order chi connectivity index (χ0) is 14.7. The van der Waals surface area contributed by atoms with Gasteiger partial charge in [-0.3, -0.25) is 0 Å². The molecule has 2 aromatic carbocycles. The monoisotopic (exact) mass is 313 g/mol. The Morgan fingerprint density at radius 1 is 1.20 bits per heavy atom. The van der Waals surface area contributed by atoms with Crippen molar-refractivity contribution in [2.24, 2.45) is 0 Å². The molecule has 0 bridgehead atoms. The van der Waals surface area contributed by atoms with Crippen molar-refractivity contribution in [2.45, 2.75) is 13.0 Å². The highest BCUT2D eigenvalue weighted by Gasteiger charge is 2.10. The number of rotatable bonds is 4. The molecule has 2 N–H and O–H groups in total. The van der Waals surface area contributed by atoms with E-state index in [-0.39, 0.29) is 12.4 Å². The quantitative estimate of drug-likeness (QED) is 0.865. The number of aliphatic hydroxyl groups excluding tert-OH is 1. The van der Waals surface area contributed by atoms with Crippen LogP contribution in [0.3, 0.4) is 0 Å². The molecule has 0 radical (unpaired) electrons. The zero-order valence-electron chi connectivity index (χ0n) is 10.8. The summed E-state index contributed by atoms with van der Waals surface area (Å²) < 4.78 is 13.1. The van der Waals surface area contributed by atoms with E-state index in [0.717, 1.165) is 5.56 Å². The van der Waals surface area contributed by atoms with Crippen LogP contribution in [0.1, 0.15) is 17.2 Å². The lowest BCUT2D eigenvalue weighted by atomic mass is 10.1. The summed E-state index contributed by atoms with van der Waals surface area (Å²) in [4.78, 5) is 0. The number of nitrogens with one attached hydrogen (secondary N) is 1. The Morgan fingerprint density at radius 3 is 2.65 bits per heavy atom. The van der Waals surface area contributed by atoms with E-state index in [2.05, 4.69) is 5.32 Å². The number of halogens is 3. The summed E-state index contributed by atoms with van der Waals surface area (Å²) in [5.74, 6) is -0.377. The van der Waals surface area contributed by atoms with Crippen molar-refractivity contribution in [3.05, 3.63) is 63.4 Å². The molecule has 1 atom stereocenters. The fourth-order valence-corrected chi connectivity index (χ4v) is 2.27. The van der Waals surface area contributed by atoms with Crippen LogP contribution in [0.25, 0.3) is 0 Å². The molecular weight excluding hydrogens is 300 g/mol. The van der Waals surface area contributed by atoms with E-state index in [1.807, 2.05) is 6.92 Å². The van der Waals surface area contributed by atoms with Crippen LogP contribution in [-0.2, 0) is 0 Å². The Labute approximate surface area is 127 Å². The van der Waals surface area contributed by atoms with Crippen molar-refractivity contribution >= 4 is 28.9 Å². The molecule has 0 aliphatic heterocycles. The minimum absolute atomic E-state index is 0.211. The second-order valence-electron chi connectivity index (χ2n) is 4.53. The maximum absolute atomic E-state index is 13.1. The molecule has 1 unspecified atom stereocenters. The minimum Gasteiger partial charge on any atom is -0.387 e. The fraction of sp³-hybridized carbons (Fsp3) is 0.200. The van der Waals surface area contributed by atoms with Crippen molar-refractivity contribution in [2.75, 3.05) is 11.9 Å². The smallest absolute Gasteiger partial charge is 0.123 e. The summed E-state index contributed by atoms with van der Waals surface area (Å²) in [5.41, 5.74) is 2.03. The van der Waals surface area contributed by atoms with Crippen LogP contribution in [0.4, 0.5) is 10.1 Å². The van der Waals surface area contributed by atoms with Crippen LogP contribution in [0.15, 0.2) is 36.4 Å². The Kier molecular flexibility index (Phi) is 4.86. The number of anilines is 1. The van der Waals surface area contributed by atoms with Gasteiger partial charge in [0.1, 0.15) is 5.82 Å². The average molecular weight is 314 g/mol. The first kappa shape index (κ1) is 15.1. The van der Waals surface area contributed by atoms with Gasteiger partial charge in [-0.05, 0) is 42.3 Å². The van der Waals surface area contributed by atoms with Gasteiger partial charge in [0.05, 0.1) is 16.8 Å². The zero-order valence-corrected chi connectivity index (χ0v) is 12.3. The van der Waals surface area contributed by atoms with Crippen molar-refractivity contribution in [1.82, 2.24) is 0 Å². The predicted molar refractivity (Wildman–Crippen MR) is 81.0 cm³/mol. The molecule has 2 rings (SSSR count). The third-order valence-electron chi connectivity index (χ3n) is 2.97. The molecule has 0 heterocycles. The van der Waals surface area contributed by atoms with Crippen LogP contribution >= 0.6 is 23.2 Å². The van der Waals surface area contributed by atoms with Crippen molar-refractivity contribution < 1.29 is 9.50 Å². The van der Waals surface area contributed by atoms with Crippen LogP contribution < -0.4 is 5.32 Å². The summed E-state index contributed by atoms with van der Waals surface area (Å²) >= 11 is 12.1. The predicted octanol–water partition coefficient (Wildman–Crippen LogP) is 4.59. The van der Waals surface area contributed by atoms with Gasteiger partial charge in [0.2, 0.25) is 0 Å². The number of aryl methyl sites for hydroxylation is 1. The fourth-order valence-electron chi connectivity index (χ4n) is 1.82. The highest BCUT2D eigenvalue weighted by atomic mass is 35.5. The van der Waals surface area contributed by atoms with E-state index in [1.165, 1.54) is 12.1 Å². The number of benzene rings is 2. The molecule has 106 valence electrons. The molecule has 0 aromatic heterocycles. The third kappa shape index (κ3) is 3.63. The Bertz CT molecular complexity index is 619. The van der Waals surface area contributed by atoms with Gasteiger partial charge in [-0.25, -0.2) is 4.39 Å². The van der Waals surface area contributed by atoms with Crippen LogP contribution in [0, 0.1) is 12.7 Å². The normalized spacial score (nSPS) is 12.2. The molecule has 0 saturated carbocycles. The van der Waals surface area contributed by atoms with E-state index in [4.69, 9.17) is 23.2 Å². The van der Waals surface area contributed by atoms with Crippen molar-refractivity contribution in [1.29, 1.82) is 0 Å². The molecule has 5 heteroatoms. The van der Waals surface area contributed by atoms with Crippen molar-refractivity contribution in [3.8, 4) is 0 Å². The molecule has 20 heavy (non-hydrogen) atoms. The Morgan fingerprint density at radius 2 is 1.95 bits per heavy atom. The number of hydrogen-bond donors (Lipinski definition) is 2. The number of hydrogen-bond acceptors (Lipinski definition) is 2. The van der Waals surface area contributed by atoms with E-state index < -0.39 is 6.10 Å². The van der Waals surface area contributed by atoms with E-state index in [9.17, 15) is 9.50 Å². The largest absolute Gasteiger partial charge is 0.387 e. The topological polar surface area (TPSA) is 32.3 Å². The SMILES string of the molecule is Cc1cc(Cl)c(NCC(O)c2cccc(F)c2)cc1Cl. The Balaban J connectivity index is 2.07. The summed E-state index contributed by atoms with van der Waals surface area (Å²) in [7, 11) is 0. The van der Waals surface area contributed by atoms with Gasteiger partial charge in [-0.2, -0.15) is 0 Å². The van der Waals surface area contributed by atoms with Gasteiger partial charge in [0.25, 0.3) is 0 Å². The standard InChI is InChI=1S/C15H14Cl2FNO/c1-9-5-13(17)14(7-12(9)16)19-8-15(20)10-3-2-4-11(18)6-10/h2-7,15,19-20H,8H2,1H3. The molecular formula is C15H14Cl2FNO. The number of aliphatic hydroxyl groups is 1. The summed E-state index contributed by atoms with van der Waals surface area (Å²) in [6.45, 7) is 2.07. The van der Waals surface area contributed by atoms with Crippen LogP contribution in [0.2, 0.25) is 10.0 Å². The summed E-state index contributed by atoms with van der Waals surface area (Å²) in [6, 6.07) is 9.32. The van der Waals surface area contributed by atoms with Crippen LogP contribution in [-0.4, -0.2) is 11.7 Å². The molecule has 2 aromatic rings. The average Bonchev–Trinajstić information content (AvgIpc) is 2.41. The summed E-state index contributed by atoms with van der Waals surface area (Å²) in [6.07, 6.45) is -0.832. The molecule has 0 fully saturated rings. The minimum atomic E-state index is -0.832. The second-order valence-corrected chi connectivity index (χ2v) is 5.35. The van der Waals surface area contributed by atoms with E-state index in [1.54, 1.807) is 24.3 Å². The molecule has 0 aliphatic rings. The van der Waals surface area contributed by atoms with Gasteiger partial charge in [-0.1, -0.05) is 35.3 Å². The highest BCUT2D eigenvalue weighted by molar-refractivity contribution is 6.35. The molecule has 0 saturated heterocycles. The highest BCUT2D eigenvalue weighted by Crippen LogP contribution is 2.29. The summed E-state index contributed by atoms with van der Waals surface area (Å²) in [5, 5.41) is 14.1. The molecule has 0 amide bonds. The maximum Gasteiger partial charge on any atom is 0.123 e. The van der Waals surface area contributed by atoms with E-state index >= 15 is 0 Å². The molecule has 0 spiro atoms. The first-order valence-electron chi connectivity index (χ1n) is 6.10. The van der Waals surface area contributed by atoms with Crippen molar-refractivity contribution in [3.63, 3.8) is 0 Å². The lowest BCUT2D eigenvalue weighted by Gasteiger charge is -2.15.